The van der Waals surface area contributed by atoms with E-state index in [-0.39, 0.29) is 17.6 Å². The Kier molecular flexibility index (Phi) is 4.53. The second-order valence-electron chi connectivity index (χ2n) is 6.98. The molecule has 1 aromatic carbocycles. The quantitative estimate of drug-likeness (QED) is 0.741. The summed E-state index contributed by atoms with van der Waals surface area (Å²) in [6.45, 7) is 3.44. The number of nitrogens with two attached hydrogens (primary N) is 1. The van der Waals surface area contributed by atoms with Crippen LogP contribution in [0.5, 0.6) is 0 Å². The summed E-state index contributed by atoms with van der Waals surface area (Å²) in [5.41, 5.74) is 9.40. The van der Waals surface area contributed by atoms with Gasteiger partial charge in [-0.05, 0) is 44.0 Å². The van der Waals surface area contributed by atoms with Gasteiger partial charge in [0.05, 0.1) is 28.0 Å². The smallest absolute Gasteiger partial charge is 0.326 e. The number of benzene rings is 1. The molecule has 140 valence electrons. The van der Waals surface area contributed by atoms with E-state index in [4.69, 9.17) is 5.73 Å². The van der Waals surface area contributed by atoms with Crippen LogP contribution >= 0.6 is 0 Å². The Balaban J connectivity index is 1.51. The second-order valence-corrected chi connectivity index (χ2v) is 6.98. The van der Waals surface area contributed by atoms with E-state index in [1.165, 1.54) is 0 Å². The second kappa shape index (κ2) is 7.00. The number of carbonyl (C=O) groups excluding carboxylic acids is 1. The number of nitrogens with one attached hydrogen (secondary N) is 1. The van der Waals surface area contributed by atoms with Crippen molar-refractivity contribution in [3.63, 3.8) is 0 Å². The molecule has 3 aromatic rings. The fourth-order valence-electron chi connectivity index (χ4n) is 3.89. The maximum Gasteiger partial charge on any atom is 0.326 e. The number of piperidine rings is 1. The van der Waals surface area contributed by atoms with Crippen LogP contribution in [0.25, 0.3) is 11.0 Å². The minimum atomic E-state index is -0.0848. The predicted molar refractivity (Wildman–Crippen MR) is 104 cm³/mol. The van der Waals surface area contributed by atoms with Gasteiger partial charge in [-0.3, -0.25) is 14.3 Å². The first-order valence-electron chi connectivity index (χ1n) is 9.23. The van der Waals surface area contributed by atoms with Gasteiger partial charge in [-0.15, -0.1) is 0 Å². The summed E-state index contributed by atoms with van der Waals surface area (Å²) in [4.78, 5) is 34.4. The molecule has 7 nitrogen and oxygen atoms in total. The minimum Gasteiger partial charge on any atom is -0.338 e. The van der Waals surface area contributed by atoms with Crippen LogP contribution in [0.1, 0.15) is 40.6 Å². The van der Waals surface area contributed by atoms with Gasteiger partial charge in [0.1, 0.15) is 0 Å². The number of fused-ring (bicyclic) bond motifs is 1. The van der Waals surface area contributed by atoms with E-state index >= 15 is 0 Å². The summed E-state index contributed by atoms with van der Waals surface area (Å²) in [5.74, 6) is -0.00621. The van der Waals surface area contributed by atoms with E-state index in [2.05, 4.69) is 9.97 Å². The van der Waals surface area contributed by atoms with Crippen LogP contribution < -0.4 is 11.4 Å². The molecule has 0 bridgehead atoms. The first-order valence-corrected chi connectivity index (χ1v) is 9.23. The lowest BCUT2D eigenvalue weighted by molar-refractivity contribution is 0.0693. The number of hydrogen-bond acceptors (Lipinski definition) is 4. The van der Waals surface area contributed by atoms with E-state index in [1.807, 2.05) is 46.7 Å². The number of amides is 1. The normalized spacial score (nSPS) is 15.4. The SMILES string of the molecule is Cc1nc(CN)ccc1C(=O)N1CCC(n2c(=O)[nH]c3ccccc32)CC1. The van der Waals surface area contributed by atoms with Gasteiger partial charge in [0, 0.05) is 25.7 Å². The number of rotatable bonds is 3. The molecule has 1 saturated heterocycles. The Bertz CT molecular complexity index is 1040. The van der Waals surface area contributed by atoms with E-state index in [0.717, 1.165) is 29.6 Å². The standard InChI is InChI=1S/C20H23N5O2/c1-13-16(7-6-14(12-21)22-13)19(26)24-10-8-15(9-11-24)25-18-5-3-2-4-17(18)23-20(25)27/h2-7,15H,8-12,21H2,1H3,(H,23,27). The Morgan fingerprint density at radius 3 is 2.67 bits per heavy atom. The molecule has 0 aliphatic carbocycles. The van der Waals surface area contributed by atoms with Crippen molar-refractivity contribution in [2.45, 2.75) is 32.4 Å². The summed E-state index contributed by atoms with van der Waals surface area (Å²) < 4.78 is 1.83. The first kappa shape index (κ1) is 17.5. The highest BCUT2D eigenvalue weighted by atomic mass is 16.2. The summed E-state index contributed by atoms with van der Waals surface area (Å²) in [7, 11) is 0. The molecule has 0 saturated carbocycles. The first-order chi connectivity index (χ1) is 13.1. The zero-order valence-corrected chi connectivity index (χ0v) is 15.3. The van der Waals surface area contributed by atoms with Crippen molar-refractivity contribution in [2.24, 2.45) is 5.73 Å². The highest BCUT2D eigenvalue weighted by molar-refractivity contribution is 5.95. The largest absolute Gasteiger partial charge is 0.338 e. The summed E-state index contributed by atoms with van der Waals surface area (Å²) >= 11 is 0. The Morgan fingerprint density at radius 2 is 1.96 bits per heavy atom. The van der Waals surface area contributed by atoms with Crippen molar-refractivity contribution in [1.82, 2.24) is 19.4 Å². The molecule has 0 spiro atoms. The van der Waals surface area contributed by atoms with Crippen LogP contribution in [0.4, 0.5) is 0 Å². The van der Waals surface area contributed by atoms with Crippen molar-refractivity contribution in [3.8, 4) is 0 Å². The molecular weight excluding hydrogens is 342 g/mol. The lowest BCUT2D eigenvalue weighted by Crippen LogP contribution is -2.40. The van der Waals surface area contributed by atoms with Crippen LogP contribution in [0.2, 0.25) is 0 Å². The van der Waals surface area contributed by atoms with Crippen LogP contribution in [0.15, 0.2) is 41.2 Å². The van der Waals surface area contributed by atoms with Crippen LogP contribution in [-0.2, 0) is 6.54 Å². The van der Waals surface area contributed by atoms with Gasteiger partial charge in [-0.25, -0.2) is 4.79 Å². The molecule has 27 heavy (non-hydrogen) atoms. The number of imidazole rings is 1. The molecule has 0 radical (unpaired) electrons. The van der Waals surface area contributed by atoms with Gasteiger partial charge >= 0.3 is 5.69 Å². The van der Waals surface area contributed by atoms with Crippen molar-refractivity contribution in [1.29, 1.82) is 0 Å². The molecule has 1 fully saturated rings. The van der Waals surface area contributed by atoms with E-state index in [1.54, 1.807) is 6.07 Å². The molecule has 1 amide bonds. The molecular formula is C20H23N5O2. The molecule has 1 aliphatic rings. The van der Waals surface area contributed by atoms with E-state index < -0.39 is 0 Å². The van der Waals surface area contributed by atoms with Gasteiger partial charge in [0.25, 0.3) is 5.91 Å². The third kappa shape index (κ3) is 3.14. The van der Waals surface area contributed by atoms with Gasteiger partial charge in [-0.1, -0.05) is 12.1 Å². The predicted octanol–water partition coefficient (Wildman–Crippen LogP) is 1.97. The number of aryl methyl sites for hydroxylation is 1. The van der Waals surface area contributed by atoms with Crippen LogP contribution in [0.3, 0.4) is 0 Å². The van der Waals surface area contributed by atoms with Crippen molar-refractivity contribution in [2.75, 3.05) is 13.1 Å². The Morgan fingerprint density at radius 1 is 1.22 bits per heavy atom. The number of carbonyl (C=O) groups is 1. The monoisotopic (exact) mass is 365 g/mol. The van der Waals surface area contributed by atoms with Gasteiger partial charge in [0.2, 0.25) is 0 Å². The lowest BCUT2D eigenvalue weighted by Gasteiger charge is -2.32. The number of likely N-dealkylation sites (tertiary alicyclic amines) is 1. The Labute approximate surface area is 156 Å². The minimum absolute atomic E-state index is 0.00621. The van der Waals surface area contributed by atoms with Crippen molar-refractivity contribution in [3.05, 3.63) is 63.8 Å². The van der Waals surface area contributed by atoms with Gasteiger partial charge in [0.15, 0.2) is 0 Å². The molecule has 1 aliphatic heterocycles. The zero-order chi connectivity index (χ0) is 19.0. The average Bonchev–Trinajstić information content (AvgIpc) is 3.03. The maximum atomic E-state index is 12.9. The topological polar surface area (TPSA) is 97.0 Å². The molecule has 4 rings (SSSR count). The number of para-hydroxylation sites is 2. The summed E-state index contributed by atoms with van der Waals surface area (Å²) in [5, 5.41) is 0. The molecule has 0 unspecified atom stereocenters. The zero-order valence-electron chi connectivity index (χ0n) is 15.3. The number of hydrogen-bond donors (Lipinski definition) is 2. The fourth-order valence-corrected chi connectivity index (χ4v) is 3.89. The highest BCUT2D eigenvalue weighted by Crippen LogP contribution is 2.26. The van der Waals surface area contributed by atoms with Crippen LogP contribution in [0, 0.1) is 6.92 Å². The molecule has 3 heterocycles. The van der Waals surface area contributed by atoms with Gasteiger partial charge in [-0.2, -0.15) is 0 Å². The van der Waals surface area contributed by atoms with Crippen molar-refractivity contribution >= 4 is 16.9 Å². The lowest BCUT2D eigenvalue weighted by atomic mass is 10.0. The maximum absolute atomic E-state index is 12.9. The third-order valence-electron chi connectivity index (χ3n) is 5.32. The van der Waals surface area contributed by atoms with Crippen LogP contribution in [-0.4, -0.2) is 38.4 Å². The molecule has 7 heteroatoms. The third-order valence-corrected chi connectivity index (χ3v) is 5.32. The average molecular weight is 365 g/mol. The molecule has 0 atom stereocenters. The molecule has 3 N–H and O–H groups in total. The number of H-pyrrole nitrogens is 1. The van der Waals surface area contributed by atoms with E-state index in [9.17, 15) is 9.59 Å². The van der Waals surface area contributed by atoms with E-state index in [0.29, 0.717) is 30.9 Å². The fraction of sp³-hybridized carbons (Fsp3) is 0.350. The molecule has 2 aromatic heterocycles. The summed E-state index contributed by atoms with van der Waals surface area (Å²) in [6, 6.07) is 11.4. The number of nitrogens with zero attached hydrogens (tertiary/aromatic N) is 3. The summed E-state index contributed by atoms with van der Waals surface area (Å²) in [6.07, 6.45) is 1.50. The number of pyridine rings is 1. The number of aromatic nitrogens is 3. The Hall–Kier alpha value is -2.93. The van der Waals surface area contributed by atoms with Crippen molar-refractivity contribution < 1.29 is 4.79 Å². The highest BCUT2D eigenvalue weighted by Gasteiger charge is 2.27. The van der Waals surface area contributed by atoms with Gasteiger partial charge < -0.3 is 15.6 Å². The number of aromatic amines is 1.